The van der Waals surface area contributed by atoms with E-state index in [0.29, 0.717) is 18.9 Å². The van der Waals surface area contributed by atoms with Gasteiger partial charge in [0.1, 0.15) is 0 Å². The first kappa shape index (κ1) is 15.1. The number of carboxylic acid groups (broad SMARTS) is 2. The first-order valence-corrected chi connectivity index (χ1v) is 6.77. The molecule has 0 saturated heterocycles. The Hall–Kier alpha value is -0.923. The van der Waals surface area contributed by atoms with Crippen LogP contribution in [0.4, 0.5) is 0 Å². The molecule has 0 rings (SSSR count). The first-order chi connectivity index (χ1) is 7.51. The summed E-state index contributed by atoms with van der Waals surface area (Å²) in [6.45, 7) is 0. The van der Waals surface area contributed by atoms with E-state index in [0.717, 1.165) is 0 Å². The number of aliphatic carboxylic acids is 2. The quantitative estimate of drug-likeness (QED) is 0.577. The fourth-order valence-electron chi connectivity index (χ4n) is 1.39. The van der Waals surface area contributed by atoms with Gasteiger partial charge >= 0.3 is 21.2 Å². The predicted octanol–water partition coefficient (Wildman–Crippen LogP) is 0.455. The number of carboxylic acids is 2. The minimum absolute atomic E-state index is 0.332. The zero-order chi connectivity index (χ0) is 12.6. The highest BCUT2D eigenvalue weighted by molar-refractivity contribution is 6.44. The molecular weight excluding hydrogens is 232 g/mol. The molecule has 0 aliphatic rings. The van der Waals surface area contributed by atoms with Crippen LogP contribution in [0.2, 0.25) is 6.04 Å². The van der Waals surface area contributed by atoms with Crippen molar-refractivity contribution in [2.24, 2.45) is 5.92 Å². The largest absolute Gasteiger partial charge is 0.481 e. The maximum absolute atomic E-state index is 10.7. The average molecular weight is 250 g/mol. The Morgan fingerprint density at radius 3 is 2.19 bits per heavy atom. The van der Waals surface area contributed by atoms with Gasteiger partial charge in [-0.3, -0.25) is 9.59 Å². The van der Waals surface area contributed by atoms with Crippen molar-refractivity contribution >= 4 is 21.2 Å². The van der Waals surface area contributed by atoms with Gasteiger partial charge in [0.25, 0.3) is 0 Å². The summed E-state index contributed by atoms with van der Waals surface area (Å²) in [5.74, 6) is -2.96. The number of hydrogen-bond acceptors (Lipinski definition) is 4. The summed E-state index contributed by atoms with van der Waals surface area (Å²) >= 11 is 0. The summed E-state index contributed by atoms with van der Waals surface area (Å²) in [6.07, 6.45) is 0.627. The van der Waals surface area contributed by atoms with Crippen LogP contribution >= 0.6 is 0 Å². The van der Waals surface area contributed by atoms with E-state index in [-0.39, 0.29) is 6.42 Å². The van der Waals surface area contributed by atoms with Gasteiger partial charge in [0.05, 0.1) is 12.3 Å². The van der Waals surface area contributed by atoms with Crippen molar-refractivity contribution in [2.45, 2.75) is 25.3 Å². The van der Waals surface area contributed by atoms with Crippen molar-refractivity contribution in [3.8, 4) is 0 Å². The van der Waals surface area contributed by atoms with Gasteiger partial charge in [0.2, 0.25) is 0 Å². The van der Waals surface area contributed by atoms with Crippen LogP contribution in [0.15, 0.2) is 0 Å². The van der Waals surface area contributed by atoms with Crippen molar-refractivity contribution in [1.29, 1.82) is 0 Å². The third kappa shape index (κ3) is 6.54. The Morgan fingerprint density at radius 2 is 1.81 bits per heavy atom. The van der Waals surface area contributed by atoms with Gasteiger partial charge in [0.15, 0.2) is 0 Å². The molecule has 6 nitrogen and oxygen atoms in total. The third-order valence-electron chi connectivity index (χ3n) is 2.29. The molecule has 0 heterocycles. The summed E-state index contributed by atoms with van der Waals surface area (Å²) in [5.41, 5.74) is 0. The van der Waals surface area contributed by atoms with Gasteiger partial charge in [-0.15, -0.1) is 0 Å². The second-order valence-electron chi connectivity index (χ2n) is 3.46. The van der Waals surface area contributed by atoms with Crippen LogP contribution in [0.3, 0.4) is 0 Å². The van der Waals surface area contributed by atoms with E-state index in [1.165, 1.54) is 0 Å². The molecule has 94 valence electrons. The maximum Gasteiger partial charge on any atom is 0.320 e. The molecule has 0 amide bonds. The molecular formula is C9H18O6Si. The van der Waals surface area contributed by atoms with Gasteiger partial charge in [-0.05, 0) is 12.5 Å². The molecule has 16 heavy (non-hydrogen) atoms. The fraction of sp³-hybridized carbons (Fsp3) is 0.778. The number of rotatable bonds is 9. The molecule has 0 bridgehead atoms. The number of carbonyl (C=O) groups is 2. The van der Waals surface area contributed by atoms with Crippen molar-refractivity contribution in [3.63, 3.8) is 0 Å². The Kier molecular flexibility index (Phi) is 7.78. The van der Waals surface area contributed by atoms with Crippen LogP contribution in [0.5, 0.6) is 0 Å². The monoisotopic (exact) mass is 250 g/mol. The molecule has 0 spiro atoms. The standard InChI is InChI=1S/C9H18O6Si/c1-14-16(15-2)5-3-4-7(9(12)13)6-8(10)11/h7,16H,3-6H2,1-2H3,(H,10,11)(H,12,13). The smallest absolute Gasteiger partial charge is 0.320 e. The van der Waals surface area contributed by atoms with E-state index in [9.17, 15) is 9.59 Å². The zero-order valence-electron chi connectivity index (χ0n) is 9.51. The molecule has 0 radical (unpaired) electrons. The summed E-state index contributed by atoms with van der Waals surface area (Å²) in [6, 6.07) is 0.691. The second kappa shape index (κ2) is 8.25. The number of hydrogen-bond donors (Lipinski definition) is 2. The summed E-state index contributed by atoms with van der Waals surface area (Å²) in [5, 5.41) is 17.3. The average Bonchev–Trinajstić information content (AvgIpc) is 2.22. The van der Waals surface area contributed by atoms with Gasteiger partial charge < -0.3 is 19.1 Å². The van der Waals surface area contributed by atoms with Crippen LogP contribution < -0.4 is 0 Å². The van der Waals surface area contributed by atoms with Crippen molar-refractivity contribution in [3.05, 3.63) is 0 Å². The minimum Gasteiger partial charge on any atom is -0.481 e. The topological polar surface area (TPSA) is 93.1 Å². The minimum atomic E-state index is -1.66. The lowest BCUT2D eigenvalue weighted by molar-refractivity contribution is -0.148. The molecule has 0 fully saturated rings. The molecule has 2 N–H and O–H groups in total. The maximum atomic E-state index is 10.7. The van der Waals surface area contributed by atoms with Crippen molar-refractivity contribution in [1.82, 2.24) is 0 Å². The van der Waals surface area contributed by atoms with Gasteiger partial charge in [-0.2, -0.15) is 0 Å². The van der Waals surface area contributed by atoms with E-state index in [4.69, 9.17) is 19.1 Å². The molecule has 0 aromatic heterocycles. The summed E-state index contributed by atoms with van der Waals surface area (Å²) < 4.78 is 10.2. The Labute approximate surface area is 96.0 Å². The van der Waals surface area contributed by atoms with E-state index in [1.54, 1.807) is 14.2 Å². The molecule has 0 aromatic rings. The molecule has 0 aromatic carbocycles. The van der Waals surface area contributed by atoms with E-state index in [2.05, 4.69) is 0 Å². The van der Waals surface area contributed by atoms with Gasteiger partial charge in [0, 0.05) is 14.2 Å². The predicted molar refractivity (Wildman–Crippen MR) is 58.6 cm³/mol. The molecule has 1 atom stereocenters. The van der Waals surface area contributed by atoms with Crippen LogP contribution in [0.25, 0.3) is 0 Å². The zero-order valence-corrected chi connectivity index (χ0v) is 10.7. The van der Waals surface area contributed by atoms with Crippen molar-refractivity contribution in [2.75, 3.05) is 14.2 Å². The highest BCUT2D eigenvalue weighted by Crippen LogP contribution is 2.15. The normalized spacial score (nSPS) is 12.7. The van der Waals surface area contributed by atoms with Gasteiger partial charge in [-0.1, -0.05) is 6.42 Å². The summed E-state index contributed by atoms with van der Waals surface area (Å²) in [7, 11) is 1.47. The fourth-order valence-corrected chi connectivity index (χ4v) is 2.62. The van der Waals surface area contributed by atoms with Crippen LogP contribution in [-0.2, 0) is 18.4 Å². The lowest BCUT2D eigenvalue weighted by Gasteiger charge is -2.12. The highest BCUT2D eigenvalue weighted by Gasteiger charge is 2.21. The van der Waals surface area contributed by atoms with Crippen LogP contribution in [0, 0.1) is 5.92 Å². The lowest BCUT2D eigenvalue weighted by atomic mass is 10.0. The van der Waals surface area contributed by atoms with E-state index < -0.39 is 27.1 Å². The SMILES string of the molecule is CO[SiH](CCCC(CC(=O)O)C(=O)O)OC. The molecule has 0 aliphatic carbocycles. The molecule has 0 saturated carbocycles. The van der Waals surface area contributed by atoms with Crippen LogP contribution in [0.1, 0.15) is 19.3 Å². The molecule has 7 heteroatoms. The van der Waals surface area contributed by atoms with Gasteiger partial charge in [-0.25, -0.2) is 0 Å². The lowest BCUT2D eigenvalue weighted by Crippen LogP contribution is -2.21. The van der Waals surface area contributed by atoms with Crippen LogP contribution in [-0.4, -0.2) is 45.7 Å². The molecule has 0 aliphatic heterocycles. The molecule has 1 unspecified atom stereocenters. The second-order valence-corrected chi connectivity index (χ2v) is 5.84. The Bertz CT molecular complexity index is 228. The van der Waals surface area contributed by atoms with E-state index >= 15 is 0 Å². The third-order valence-corrected chi connectivity index (χ3v) is 4.22. The first-order valence-electron chi connectivity index (χ1n) is 5.01. The Balaban J connectivity index is 3.93. The van der Waals surface area contributed by atoms with E-state index in [1.807, 2.05) is 0 Å². The van der Waals surface area contributed by atoms with Crippen molar-refractivity contribution < 1.29 is 28.7 Å². The summed E-state index contributed by atoms with van der Waals surface area (Å²) in [4.78, 5) is 21.2. The highest BCUT2D eigenvalue weighted by atomic mass is 28.3. The Morgan fingerprint density at radius 1 is 1.25 bits per heavy atom.